The van der Waals surface area contributed by atoms with E-state index in [0.717, 1.165) is 19.6 Å². The summed E-state index contributed by atoms with van der Waals surface area (Å²) in [5.41, 5.74) is 3.01. The molecule has 1 unspecified atom stereocenters. The van der Waals surface area contributed by atoms with E-state index < -0.39 is 28.6 Å². The van der Waals surface area contributed by atoms with E-state index >= 15 is 0 Å². The Morgan fingerprint density at radius 1 is 1.34 bits per heavy atom. The Labute approximate surface area is 176 Å². The lowest BCUT2D eigenvalue weighted by Gasteiger charge is -2.26. The Hall–Kier alpha value is -2.09. The molecule has 1 aromatic heterocycles. The quantitative estimate of drug-likeness (QED) is 0.609. The maximum atomic E-state index is 13.6. The molecule has 0 spiro atoms. The summed E-state index contributed by atoms with van der Waals surface area (Å²) in [7, 11) is -0.717. The Morgan fingerprint density at radius 3 is 2.90 bits per heavy atom. The average molecular weight is 489 g/mol. The van der Waals surface area contributed by atoms with E-state index in [1.54, 1.807) is 0 Å². The van der Waals surface area contributed by atoms with Crippen LogP contribution in [-0.4, -0.2) is 63.1 Å². The minimum atomic E-state index is -0.892. The van der Waals surface area contributed by atoms with Crippen molar-refractivity contribution in [2.75, 3.05) is 48.0 Å². The second-order valence-electron chi connectivity index (χ2n) is 6.51. The van der Waals surface area contributed by atoms with Gasteiger partial charge < -0.3 is 10.2 Å². The largest absolute Gasteiger partial charge is 0.363 e. The molecule has 2 aliphatic heterocycles. The number of rotatable bonds is 6. The third-order valence-corrected chi connectivity index (χ3v) is 6.56. The van der Waals surface area contributed by atoms with Gasteiger partial charge in [-0.1, -0.05) is 11.7 Å². The van der Waals surface area contributed by atoms with Crippen LogP contribution in [0, 0.1) is 5.82 Å². The predicted molar refractivity (Wildman–Crippen MR) is 106 cm³/mol. The molecule has 0 amide bonds. The maximum Gasteiger partial charge on any atom is 0.355 e. The topological polar surface area (TPSA) is 113 Å². The highest BCUT2D eigenvalue weighted by molar-refractivity contribution is 9.10. The van der Waals surface area contributed by atoms with Crippen molar-refractivity contribution >= 4 is 44.3 Å². The van der Waals surface area contributed by atoms with E-state index in [9.17, 15) is 13.4 Å². The lowest BCUT2D eigenvalue weighted by molar-refractivity contribution is -0.144. The van der Waals surface area contributed by atoms with Gasteiger partial charge in [0.1, 0.15) is 5.82 Å². The van der Waals surface area contributed by atoms with E-state index in [1.165, 1.54) is 23.2 Å². The molecule has 2 fully saturated rings. The lowest BCUT2D eigenvalue weighted by atomic mass is 10.1. The summed E-state index contributed by atoms with van der Waals surface area (Å²) >= 11 is 3.12. The Bertz CT molecular complexity index is 921. The van der Waals surface area contributed by atoms with Gasteiger partial charge in [-0.3, -0.25) is 9.11 Å². The minimum absolute atomic E-state index is 0.230. The Kier molecular flexibility index (Phi) is 6.08. The number of hydrogen-bond donors (Lipinski definition) is 2. The van der Waals surface area contributed by atoms with Gasteiger partial charge in [-0.25, -0.2) is 18.8 Å². The highest BCUT2D eigenvalue weighted by Crippen LogP contribution is 2.34. The fourth-order valence-electron chi connectivity index (χ4n) is 3.13. The molecule has 2 aliphatic rings. The van der Waals surface area contributed by atoms with Crippen molar-refractivity contribution in [2.24, 2.45) is 0 Å². The normalized spacial score (nSPS) is 20.8. The first kappa shape index (κ1) is 20.2. The van der Waals surface area contributed by atoms with Crippen LogP contribution in [0.5, 0.6) is 0 Å². The number of hydrazine groups is 1. The zero-order chi connectivity index (χ0) is 20.4. The fourth-order valence-corrected chi connectivity index (χ4v) is 4.65. The van der Waals surface area contributed by atoms with E-state index in [4.69, 9.17) is 9.47 Å². The molecule has 0 bridgehead atoms. The van der Waals surface area contributed by atoms with Gasteiger partial charge in [0.15, 0.2) is 6.04 Å². The van der Waals surface area contributed by atoms with Crippen LogP contribution < -0.4 is 15.9 Å². The number of carbonyl (C=O) groups is 1. The molecule has 0 saturated carbocycles. The van der Waals surface area contributed by atoms with Gasteiger partial charge in [-0.15, -0.1) is 0 Å². The molecule has 4 rings (SSSR count). The Morgan fingerprint density at radius 2 is 2.14 bits per heavy atom. The number of nitrogens with zero attached hydrogens (tertiary/aromatic N) is 4. The molecule has 0 radical (unpaired) electrons. The number of nitrogens with one attached hydrogen (secondary N) is 2. The van der Waals surface area contributed by atoms with Gasteiger partial charge in [-0.05, 0) is 43.9 Å². The van der Waals surface area contributed by atoms with Gasteiger partial charge in [-0.2, -0.15) is 0 Å². The lowest BCUT2D eigenvalue weighted by Crippen LogP contribution is -2.40. The van der Waals surface area contributed by atoms with Gasteiger partial charge in [0.05, 0.1) is 4.47 Å². The Balaban J connectivity index is 1.45. The van der Waals surface area contributed by atoms with E-state index in [-0.39, 0.29) is 10.3 Å². The van der Waals surface area contributed by atoms with Crippen LogP contribution in [0.4, 0.5) is 16.0 Å². The van der Waals surface area contributed by atoms with Crippen molar-refractivity contribution in [2.45, 2.75) is 6.04 Å². The van der Waals surface area contributed by atoms with Crippen LogP contribution in [0.25, 0.3) is 0 Å². The molecular weight excluding hydrogens is 471 g/mol. The van der Waals surface area contributed by atoms with E-state index in [1.807, 2.05) is 0 Å². The second-order valence-corrected chi connectivity index (χ2v) is 9.06. The second kappa shape index (κ2) is 8.73. The van der Waals surface area contributed by atoms with Gasteiger partial charge >= 0.3 is 5.97 Å². The number of hydrogen-bond acceptors (Lipinski definition) is 10. The molecule has 0 aliphatic carbocycles. The van der Waals surface area contributed by atoms with Crippen LogP contribution in [-0.2, 0) is 20.4 Å². The minimum Gasteiger partial charge on any atom is -0.363 e. The van der Waals surface area contributed by atoms with Crippen LogP contribution in [0.15, 0.2) is 27.3 Å². The molecule has 1 aromatic carbocycles. The van der Waals surface area contributed by atoms with Gasteiger partial charge in [0.2, 0.25) is 11.6 Å². The van der Waals surface area contributed by atoms with Crippen LogP contribution in [0.2, 0.25) is 0 Å². The molecule has 2 N–H and O–H groups in total. The van der Waals surface area contributed by atoms with Crippen LogP contribution in [0.1, 0.15) is 11.6 Å². The molecule has 1 atom stereocenters. The molecular formula is C16H18BrFN6O4S. The van der Waals surface area contributed by atoms with Crippen molar-refractivity contribution in [1.29, 1.82) is 0 Å². The maximum absolute atomic E-state index is 13.6. The zero-order valence-corrected chi connectivity index (χ0v) is 17.5. The predicted octanol–water partition coefficient (Wildman–Crippen LogP) is 0.972. The van der Waals surface area contributed by atoms with Crippen molar-refractivity contribution < 1.29 is 22.9 Å². The van der Waals surface area contributed by atoms with Crippen molar-refractivity contribution in [3.8, 4) is 0 Å². The summed E-state index contributed by atoms with van der Waals surface area (Å²) in [5.74, 6) is 0.931. The summed E-state index contributed by atoms with van der Waals surface area (Å²) in [5, 5.41) is 12.2. The smallest absolute Gasteiger partial charge is 0.355 e. The zero-order valence-electron chi connectivity index (χ0n) is 15.1. The highest BCUT2D eigenvalue weighted by atomic mass is 79.9. The summed E-state index contributed by atoms with van der Waals surface area (Å²) < 4.78 is 30.1. The molecule has 13 heteroatoms. The monoisotopic (exact) mass is 488 g/mol. The SMILES string of the molecule is O=C1ONN(c2nonc2NCCN2CCS(=O)CC2)C1c1ccc(F)c(Br)c1. The van der Waals surface area contributed by atoms with E-state index in [0.29, 0.717) is 29.4 Å². The van der Waals surface area contributed by atoms with Crippen molar-refractivity contribution in [3.05, 3.63) is 34.1 Å². The third-order valence-electron chi connectivity index (χ3n) is 4.68. The average Bonchev–Trinajstić information content (AvgIpc) is 3.32. The molecule has 3 heterocycles. The number of anilines is 2. The van der Waals surface area contributed by atoms with Gasteiger partial charge in [0.25, 0.3) is 0 Å². The summed E-state index contributed by atoms with van der Waals surface area (Å²) in [6.45, 7) is 2.87. The van der Waals surface area contributed by atoms with Crippen LogP contribution >= 0.6 is 15.9 Å². The van der Waals surface area contributed by atoms with Crippen LogP contribution in [0.3, 0.4) is 0 Å². The fraction of sp³-hybridized carbons (Fsp3) is 0.438. The van der Waals surface area contributed by atoms with E-state index in [2.05, 4.69) is 42.0 Å². The number of carbonyl (C=O) groups excluding carboxylic acids is 1. The summed E-state index contributed by atoms with van der Waals surface area (Å²) in [4.78, 5) is 19.4. The number of aromatic nitrogens is 2. The number of halogens is 2. The molecule has 156 valence electrons. The highest BCUT2D eigenvalue weighted by Gasteiger charge is 2.40. The number of benzene rings is 1. The van der Waals surface area contributed by atoms with Gasteiger partial charge in [0, 0.05) is 48.5 Å². The standard InChI is InChI=1S/C16H18BrFN6O4S/c17-11-9-10(1-2-12(11)18)13-16(25)27-22-24(13)15-14(20-28-21-15)19-3-4-23-5-7-29(26)8-6-23/h1-2,9,13,22H,3-8H2,(H,19,20). The van der Waals surface area contributed by atoms with Crippen molar-refractivity contribution in [3.63, 3.8) is 0 Å². The first-order valence-corrected chi connectivity index (χ1v) is 11.2. The molecule has 29 heavy (non-hydrogen) atoms. The first-order valence-electron chi connectivity index (χ1n) is 8.87. The first-order chi connectivity index (χ1) is 14.0. The third kappa shape index (κ3) is 4.42. The molecule has 2 aromatic rings. The molecule has 10 nitrogen and oxygen atoms in total. The summed E-state index contributed by atoms with van der Waals surface area (Å²) in [6.07, 6.45) is 0. The molecule has 2 saturated heterocycles. The summed E-state index contributed by atoms with van der Waals surface area (Å²) in [6, 6.07) is 3.36. The van der Waals surface area contributed by atoms with Crippen molar-refractivity contribution in [1.82, 2.24) is 20.8 Å².